The van der Waals surface area contributed by atoms with Gasteiger partial charge in [0.2, 0.25) is 5.91 Å². The molecule has 0 spiro atoms. The molecule has 0 aliphatic carbocycles. The Morgan fingerprint density at radius 1 is 0.750 bits per heavy atom. The van der Waals surface area contributed by atoms with Crippen LogP contribution in [0.2, 0.25) is 0 Å². The van der Waals surface area contributed by atoms with Crippen LogP contribution in [0.15, 0.2) is 60.7 Å². The van der Waals surface area contributed by atoms with Gasteiger partial charge in [-0.1, -0.05) is 36.4 Å². The van der Waals surface area contributed by atoms with Crippen LogP contribution in [0.5, 0.6) is 0 Å². The lowest BCUT2D eigenvalue weighted by atomic mass is 10.3. The number of benzene rings is 2. The highest BCUT2D eigenvalue weighted by Crippen LogP contribution is 2.05. The summed E-state index contributed by atoms with van der Waals surface area (Å²) < 4.78 is 0. The van der Waals surface area contributed by atoms with Crippen LogP contribution in [0.3, 0.4) is 0 Å². The molecule has 0 atom stereocenters. The lowest BCUT2D eigenvalue weighted by Gasteiger charge is -2.08. The monoisotopic (exact) mass is 269 g/mol. The van der Waals surface area contributed by atoms with Gasteiger partial charge in [-0.3, -0.25) is 4.79 Å². The Morgan fingerprint density at radius 3 is 1.80 bits per heavy atom. The normalized spacial score (nSPS) is 9.60. The number of carbonyl (C=O) groups is 2. The Bertz CT molecular complexity index is 517. The molecular weight excluding hydrogens is 254 g/mol. The van der Waals surface area contributed by atoms with E-state index < -0.39 is 6.03 Å². The van der Waals surface area contributed by atoms with Gasteiger partial charge in [0.25, 0.3) is 0 Å². The second kappa shape index (κ2) is 6.94. The molecule has 0 saturated heterocycles. The third kappa shape index (κ3) is 4.45. The Hall–Kier alpha value is -2.82. The predicted molar refractivity (Wildman–Crippen MR) is 78.5 cm³/mol. The van der Waals surface area contributed by atoms with Crippen molar-refractivity contribution in [3.63, 3.8) is 0 Å². The molecule has 0 heterocycles. The molecule has 102 valence electrons. The van der Waals surface area contributed by atoms with Gasteiger partial charge in [0.05, 0.1) is 6.54 Å². The van der Waals surface area contributed by atoms with E-state index in [0.29, 0.717) is 11.4 Å². The number of hydrogen-bond donors (Lipinski definition) is 3. The van der Waals surface area contributed by atoms with Crippen molar-refractivity contribution in [1.82, 2.24) is 5.32 Å². The molecule has 0 saturated carbocycles. The summed E-state index contributed by atoms with van der Waals surface area (Å²) in [6.45, 7) is -0.0897. The summed E-state index contributed by atoms with van der Waals surface area (Å²) >= 11 is 0. The van der Waals surface area contributed by atoms with Gasteiger partial charge in [-0.05, 0) is 24.3 Å². The van der Waals surface area contributed by atoms with Crippen LogP contribution in [0.1, 0.15) is 0 Å². The number of rotatable bonds is 4. The molecule has 2 aromatic rings. The standard InChI is InChI=1S/C15H15N3O2/c19-14(17-12-7-3-1-4-8-12)11-16-15(20)18-13-9-5-2-6-10-13/h1-10H,11H2,(H,17,19)(H2,16,18,20). The maximum Gasteiger partial charge on any atom is 0.319 e. The third-order valence-corrected chi connectivity index (χ3v) is 2.50. The first kappa shape index (κ1) is 13.6. The minimum atomic E-state index is -0.417. The minimum Gasteiger partial charge on any atom is -0.329 e. The fourth-order valence-corrected chi connectivity index (χ4v) is 1.58. The van der Waals surface area contributed by atoms with Crippen molar-refractivity contribution in [2.75, 3.05) is 17.2 Å². The van der Waals surface area contributed by atoms with Crippen LogP contribution < -0.4 is 16.0 Å². The Labute approximate surface area is 117 Å². The average molecular weight is 269 g/mol. The van der Waals surface area contributed by atoms with Gasteiger partial charge in [-0.15, -0.1) is 0 Å². The van der Waals surface area contributed by atoms with Gasteiger partial charge in [-0.2, -0.15) is 0 Å². The number of hydrogen-bond acceptors (Lipinski definition) is 2. The summed E-state index contributed by atoms with van der Waals surface area (Å²) in [7, 11) is 0. The SMILES string of the molecule is O=C(CNC(=O)Nc1ccccc1)Nc1ccccc1. The van der Waals surface area contributed by atoms with E-state index in [1.165, 1.54) is 0 Å². The summed E-state index contributed by atoms with van der Waals surface area (Å²) in [5.74, 6) is -0.278. The average Bonchev–Trinajstić information content (AvgIpc) is 2.47. The van der Waals surface area contributed by atoms with Crippen molar-refractivity contribution < 1.29 is 9.59 Å². The van der Waals surface area contributed by atoms with Crippen LogP contribution in [0.4, 0.5) is 16.2 Å². The van der Waals surface area contributed by atoms with E-state index in [0.717, 1.165) is 0 Å². The smallest absolute Gasteiger partial charge is 0.319 e. The molecule has 3 amide bonds. The third-order valence-electron chi connectivity index (χ3n) is 2.50. The number of carbonyl (C=O) groups excluding carboxylic acids is 2. The topological polar surface area (TPSA) is 70.2 Å². The Balaban J connectivity index is 1.75. The largest absolute Gasteiger partial charge is 0.329 e. The molecule has 3 N–H and O–H groups in total. The zero-order chi connectivity index (χ0) is 14.2. The van der Waals surface area contributed by atoms with Crippen molar-refractivity contribution in [3.05, 3.63) is 60.7 Å². The first-order valence-electron chi connectivity index (χ1n) is 6.19. The van der Waals surface area contributed by atoms with E-state index in [1.807, 2.05) is 36.4 Å². The molecule has 5 heteroatoms. The summed E-state index contributed by atoms with van der Waals surface area (Å²) in [4.78, 5) is 23.2. The molecule has 0 aromatic heterocycles. The van der Waals surface area contributed by atoms with Crippen molar-refractivity contribution in [1.29, 1.82) is 0 Å². The quantitative estimate of drug-likeness (QED) is 0.798. The highest BCUT2D eigenvalue weighted by Gasteiger charge is 2.05. The second-order valence-corrected chi connectivity index (χ2v) is 4.09. The lowest BCUT2D eigenvalue weighted by molar-refractivity contribution is -0.115. The molecule has 0 fully saturated rings. The number of para-hydroxylation sites is 2. The molecule has 5 nitrogen and oxygen atoms in total. The Morgan fingerprint density at radius 2 is 1.25 bits per heavy atom. The van der Waals surface area contributed by atoms with Crippen LogP contribution in [0.25, 0.3) is 0 Å². The molecular formula is C15H15N3O2. The first-order valence-corrected chi connectivity index (χ1v) is 6.19. The van der Waals surface area contributed by atoms with Crippen molar-refractivity contribution in [3.8, 4) is 0 Å². The summed E-state index contributed by atoms with van der Waals surface area (Å²) in [6.07, 6.45) is 0. The van der Waals surface area contributed by atoms with Crippen molar-refractivity contribution >= 4 is 23.3 Å². The number of anilines is 2. The number of amides is 3. The van der Waals surface area contributed by atoms with Gasteiger partial charge in [0, 0.05) is 11.4 Å². The highest BCUT2D eigenvalue weighted by atomic mass is 16.2. The maximum atomic E-state index is 11.6. The van der Waals surface area contributed by atoms with Crippen LogP contribution in [-0.2, 0) is 4.79 Å². The van der Waals surface area contributed by atoms with E-state index in [4.69, 9.17) is 0 Å². The molecule has 0 bridgehead atoms. The fraction of sp³-hybridized carbons (Fsp3) is 0.0667. The van der Waals surface area contributed by atoms with E-state index in [9.17, 15) is 9.59 Å². The summed E-state index contributed by atoms with van der Waals surface area (Å²) in [5, 5.41) is 7.80. The highest BCUT2D eigenvalue weighted by molar-refractivity contribution is 5.96. The zero-order valence-corrected chi connectivity index (χ0v) is 10.8. The maximum absolute atomic E-state index is 11.6. The molecule has 0 unspecified atom stereocenters. The molecule has 2 rings (SSSR count). The van der Waals surface area contributed by atoms with E-state index in [-0.39, 0.29) is 12.5 Å². The zero-order valence-electron chi connectivity index (χ0n) is 10.8. The summed E-state index contributed by atoms with van der Waals surface area (Å²) in [5.41, 5.74) is 1.37. The second-order valence-electron chi connectivity index (χ2n) is 4.09. The van der Waals surface area contributed by atoms with Crippen LogP contribution >= 0.6 is 0 Å². The lowest BCUT2D eigenvalue weighted by Crippen LogP contribution is -2.35. The molecule has 0 aliphatic rings. The fourth-order valence-electron chi connectivity index (χ4n) is 1.58. The van der Waals surface area contributed by atoms with E-state index in [2.05, 4.69) is 16.0 Å². The van der Waals surface area contributed by atoms with Gasteiger partial charge >= 0.3 is 6.03 Å². The molecule has 20 heavy (non-hydrogen) atoms. The van der Waals surface area contributed by atoms with Gasteiger partial charge < -0.3 is 16.0 Å². The first-order chi connectivity index (χ1) is 9.74. The van der Waals surface area contributed by atoms with Gasteiger partial charge in [0.1, 0.15) is 0 Å². The van der Waals surface area contributed by atoms with Gasteiger partial charge in [-0.25, -0.2) is 4.79 Å². The van der Waals surface area contributed by atoms with E-state index in [1.54, 1.807) is 24.3 Å². The predicted octanol–water partition coefficient (Wildman–Crippen LogP) is 2.45. The minimum absolute atomic E-state index is 0.0897. The summed E-state index contributed by atoms with van der Waals surface area (Å²) in [6, 6.07) is 17.7. The molecule has 2 aromatic carbocycles. The van der Waals surface area contributed by atoms with Crippen molar-refractivity contribution in [2.45, 2.75) is 0 Å². The number of nitrogens with one attached hydrogen (secondary N) is 3. The number of urea groups is 1. The van der Waals surface area contributed by atoms with Crippen LogP contribution in [-0.4, -0.2) is 18.5 Å². The Kier molecular flexibility index (Phi) is 4.72. The molecule has 0 radical (unpaired) electrons. The van der Waals surface area contributed by atoms with Crippen molar-refractivity contribution in [2.24, 2.45) is 0 Å². The van der Waals surface area contributed by atoms with E-state index >= 15 is 0 Å². The molecule has 0 aliphatic heterocycles. The van der Waals surface area contributed by atoms with Gasteiger partial charge in [0.15, 0.2) is 0 Å². The van der Waals surface area contributed by atoms with Crippen LogP contribution in [0, 0.1) is 0 Å².